The van der Waals surface area contributed by atoms with Crippen LogP contribution < -0.4 is 31.7 Å². The molecule has 19 heteroatoms. The summed E-state index contributed by atoms with van der Waals surface area (Å²) in [5.74, 6) is -1.67. The van der Waals surface area contributed by atoms with Gasteiger partial charge >= 0.3 is 0 Å². The first-order chi connectivity index (χ1) is 37.8. The Bertz CT molecular complexity index is 2840. The topological polar surface area (TPSA) is 224 Å². The van der Waals surface area contributed by atoms with Crippen LogP contribution in [0.25, 0.3) is 11.1 Å². The Kier molecular flexibility index (Phi) is 20.4. The highest BCUT2D eigenvalue weighted by Crippen LogP contribution is 2.35. The Morgan fingerprint density at radius 1 is 0.795 bits per heavy atom. The van der Waals surface area contributed by atoms with Gasteiger partial charge in [0.2, 0.25) is 23.6 Å². The summed E-state index contributed by atoms with van der Waals surface area (Å²) in [6, 6.07) is 19.3. The number of pyridine rings is 1. The largest absolute Gasteiger partial charge is 0.381 e. The van der Waals surface area contributed by atoms with Gasteiger partial charge in [-0.3, -0.25) is 48.7 Å². The van der Waals surface area contributed by atoms with E-state index in [2.05, 4.69) is 78.2 Å². The second-order valence-electron chi connectivity index (χ2n) is 20.9. The zero-order chi connectivity index (χ0) is 55.1. The van der Waals surface area contributed by atoms with Gasteiger partial charge in [-0.25, -0.2) is 0 Å². The van der Waals surface area contributed by atoms with Crippen LogP contribution in [0.3, 0.4) is 0 Å². The first-order valence-corrected chi connectivity index (χ1v) is 27.8. The molecule has 5 N–H and O–H groups in total. The minimum Gasteiger partial charge on any atom is -0.381 e. The third-order valence-corrected chi connectivity index (χ3v) is 15.3. The van der Waals surface area contributed by atoms with Crippen LogP contribution in [0.5, 0.6) is 0 Å². The highest BCUT2D eigenvalue weighted by molar-refractivity contribution is 6.07. The number of carbonyl (C=O) groups is 6. The number of benzene rings is 3. The molecule has 4 aliphatic rings. The minimum absolute atomic E-state index is 0.0366. The van der Waals surface area contributed by atoms with E-state index >= 15 is 0 Å². The first kappa shape index (κ1) is 57.4. The van der Waals surface area contributed by atoms with E-state index in [4.69, 9.17) is 14.2 Å². The van der Waals surface area contributed by atoms with Crippen LogP contribution in [-0.4, -0.2) is 153 Å². The van der Waals surface area contributed by atoms with Crippen molar-refractivity contribution in [3.8, 4) is 11.1 Å². The zero-order valence-electron chi connectivity index (χ0n) is 45.8. The summed E-state index contributed by atoms with van der Waals surface area (Å²) in [7, 11) is 0. The number of aromatic nitrogens is 1. The maximum Gasteiger partial charge on any atom is 0.255 e. The van der Waals surface area contributed by atoms with Crippen LogP contribution in [0.4, 0.5) is 11.4 Å². The lowest BCUT2D eigenvalue weighted by Gasteiger charge is -2.37. The average Bonchev–Trinajstić information content (AvgIpc) is 3.84. The van der Waals surface area contributed by atoms with Gasteiger partial charge in [-0.05, 0) is 131 Å². The maximum atomic E-state index is 14.0. The number of carbonyl (C=O) groups excluding carboxylic acids is 6. The predicted molar refractivity (Wildman–Crippen MR) is 297 cm³/mol. The summed E-state index contributed by atoms with van der Waals surface area (Å²) in [5.41, 5.74) is 9.24. The second-order valence-corrected chi connectivity index (χ2v) is 20.9. The monoisotopic (exact) mass is 1070 g/mol. The number of aryl methyl sites for hydroxylation is 2. The number of ether oxygens (including phenoxy) is 3. The van der Waals surface area contributed by atoms with Crippen LogP contribution in [0, 0.1) is 20.8 Å². The lowest BCUT2D eigenvalue weighted by molar-refractivity contribution is -0.137. The molecule has 0 aliphatic carbocycles. The van der Waals surface area contributed by atoms with E-state index in [0.29, 0.717) is 86.5 Å². The van der Waals surface area contributed by atoms with Crippen molar-refractivity contribution in [2.45, 2.75) is 111 Å². The molecule has 8 rings (SSSR count). The molecule has 0 saturated carbocycles. The van der Waals surface area contributed by atoms with E-state index < -0.39 is 11.9 Å². The highest BCUT2D eigenvalue weighted by atomic mass is 16.5. The standard InChI is InChI=1S/C59H77N9O10/c1-5-67(45-19-29-77-30-20-45)52-33-44(32-47(41(52)4)56(72)61-34-48-39(2)31-40(3)62-57(48)73)43-15-13-42(14-16-43)35-65-22-24-66(25-23-65)37-54(70)60-21-7-6-8-26-76-27-10-28-78-38-55(71)63-50-12-9-11-46-49(50)36-68(59(46)75)51-17-18-53(69)64-58(51)74/h9,11-16,31-33,45,51H,5-8,10,17-30,34-38H2,1-4H3,(H,60,70)(H,61,72)(H,62,73)(H,63,71)(H,64,69,74). The molecular formula is C59H77N9O10. The van der Waals surface area contributed by atoms with Crippen molar-refractivity contribution in [3.05, 3.63) is 116 Å². The molecule has 0 bridgehead atoms. The van der Waals surface area contributed by atoms with Crippen molar-refractivity contribution in [2.24, 2.45) is 0 Å². The Morgan fingerprint density at radius 2 is 1.54 bits per heavy atom. The summed E-state index contributed by atoms with van der Waals surface area (Å²) in [4.78, 5) is 101. The fraction of sp³-hybridized carbons (Fsp3) is 0.508. The average molecular weight is 1070 g/mol. The molecule has 0 spiro atoms. The fourth-order valence-electron chi connectivity index (χ4n) is 11.0. The molecule has 5 heterocycles. The van der Waals surface area contributed by atoms with Gasteiger partial charge in [0.1, 0.15) is 12.6 Å². The van der Waals surface area contributed by atoms with E-state index in [9.17, 15) is 33.6 Å². The Labute approximate surface area is 457 Å². The summed E-state index contributed by atoms with van der Waals surface area (Å²) in [6.45, 7) is 16.9. The number of H-pyrrole nitrogens is 1. The molecule has 1 aromatic heterocycles. The molecular weight excluding hydrogens is 995 g/mol. The minimum atomic E-state index is -0.734. The number of nitrogens with one attached hydrogen (secondary N) is 5. The first-order valence-electron chi connectivity index (χ1n) is 27.8. The number of amides is 6. The van der Waals surface area contributed by atoms with Crippen molar-refractivity contribution >= 4 is 46.8 Å². The molecule has 4 aliphatic heterocycles. The summed E-state index contributed by atoms with van der Waals surface area (Å²) in [5, 5.41) is 11.3. The molecule has 4 aromatic rings. The number of piperidine rings is 1. The Hall–Kier alpha value is -6.77. The van der Waals surface area contributed by atoms with Gasteiger partial charge < -0.3 is 44.9 Å². The summed E-state index contributed by atoms with van der Waals surface area (Å²) >= 11 is 0. The molecule has 3 aromatic carbocycles. The number of hydrogen-bond acceptors (Lipinski definition) is 13. The molecule has 6 amide bonds. The van der Waals surface area contributed by atoms with Gasteiger partial charge in [-0.1, -0.05) is 30.3 Å². The molecule has 78 heavy (non-hydrogen) atoms. The van der Waals surface area contributed by atoms with Crippen molar-refractivity contribution in [1.29, 1.82) is 0 Å². The van der Waals surface area contributed by atoms with Crippen LogP contribution in [0.15, 0.2) is 65.5 Å². The molecule has 418 valence electrons. The van der Waals surface area contributed by atoms with Gasteiger partial charge in [0.05, 0.1) is 6.54 Å². The highest BCUT2D eigenvalue weighted by Gasteiger charge is 2.40. The van der Waals surface area contributed by atoms with Gasteiger partial charge in [0, 0.05) is 144 Å². The smallest absolute Gasteiger partial charge is 0.255 e. The number of unbranched alkanes of at least 4 members (excludes halogenated alkanes) is 2. The normalized spacial score (nSPS) is 17.2. The van der Waals surface area contributed by atoms with Crippen LogP contribution in [0.2, 0.25) is 0 Å². The molecule has 3 saturated heterocycles. The SMILES string of the molecule is CCN(c1cc(-c2ccc(CN3CCN(CC(=O)NCCCCCOCCCOCC(=O)Nc4cccc5c4CN(C4CCC(=O)NC4=O)C5=O)CC3)cc2)cc(C(=O)NCc2c(C)cc(C)[nH]c2=O)c1C)C1CCOCC1. The van der Waals surface area contributed by atoms with E-state index in [1.54, 1.807) is 18.2 Å². The van der Waals surface area contributed by atoms with Crippen LogP contribution >= 0.6 is 0 Å². The van der Waals surface area contributed by atoms with E-state index in [0.717, 1.165) is 105 Å². The van der Waals surface area contributed by atoms with E-state index in [1.165, 1.54) is 10.5 Å². The Morgan fingerprint density at radius 3 is 2.28 bits per heavy atom. The number of hydrogen-bond donors (Lipinski definition) is 5. The summed E-state index contributed by atoms with van der Waals surface area (Å²) in [6.07, 6.45) is 5.55. The molecule has 1 unspecified atom stereocenters. The number of fused-ring (bicyclic) bond motifs is 1. The van der Waals surface area contributed by atoms with Crippen LogP contribution in [0.1, 0.15) is 113 Å². The van der Waals surface area contributed by atoms with E-state index in [1.807, 2.05) is 32.9 Å². The Balaban J connectivity index is 0.694. The molecule has 1 atom stereocenters. The fourth-order valence-corrected chi connectivity index (χ4v) is 11.0. The third kappa shape index (κ3) is 15.1. The van der Waals surface area contributed by atoms with Crippen molar-refractivity contribution in [1.82, 2.24) is 35.6 Å². The van der Waals surface area contributed by atoms with Crippen molar-refractivity contribution in [3.63, 3.8) is 0 Å². The number of rotatable bonds is 25. The van der Waals surface area contributed by atoms with Gasteiger partial charge in [0.15, 0.2) is 0 Å². The third-order valence-electron chi connectivity index (χ3n) is 15.3. The lowest BCUT2D eigenvalue weighted by atomic mass is 9.94. The number of nitrogens with zero attached hydrogens (tertiary/aromatic N) is 4. The lowest BCUT2D eigenvalue weighted by Crippen LogP contribution is -2.52. The number of aromatic amines is 1. The zero-order valence-corrected chi connectivity index (χ0v) is 45.8. The molecule has 19 nitrogen and oxygen atoms in total. The quantitative estimate of drug-likeness (QED) is 0.0430. The van der Waals surface area contributed by atoms with Gasteiger partial charge in [-0.15, -0.1) is 0 Å². The van der Waals surface area contributed by atoms with Crippen molar-refractivity contribution in [2.75, 3.05) is 95.7 Å². The molecule has 0 radical (unpaired) electrons. The predicted octanol–water partition coefficient (Wildman–Crippen LogP) is 5.13. The summed E-state index contributed by atoms with van der Waals surface area (Å²) < 4.78 is 17.0. The van der Waals surface area contributed by atoms with Crippen LogP contribution in [-0.2, 0) is 53.0 Å². The van der Waals surface area contributed by atoms with Crippen molar-refractivity contribution < 1.29 is 43.0 Å². The second kappa shape index (κ2) is 27.7. The number of anilines is 2. The van der Waals surface area contributed by atoms with Gasteiger partial charge in [0.25, 0.3) is 17.4 Å². The van der Waals surface area contributed by atoms with Gasteiger partial charge in [-0.2, -0.15) is 0 Å². The molecule has 3 fully saturated rings. The maximum absolute atomic E-state index is 14.0. The number of imide groups is 1. The number of piperazine rings is 1. The van der Waals surface area contributed by atoms with E-state index in [-0.39, 0.29) is 67.6 Å².